The zero-order chi connectivity index (χ0) is 14.9. The fraction of sp³-hybridized carbons (Fsp3) is 0. The number of rotatable bonds is 3. The van der Waals surface area contributed by atoms with Crippen LogP contribution in [-0.2, 0) is 4.57 Å². The maximum atomic E-state index is 12.6. The third kappa shape index (κ3) is 3.33. The van der Waals surface area contributed by atoms with E-state index in [-0.39, 0.29) is 45.6 Å². The van der Waals surface area contributed by atoms with E-state index in [1.807, 2.05) is 0 Å². The van der Waals surface area contributed by atoms with Gasteiger partial charge in [-0.15, -0.1) is 10.2 Å². The Morgan fingerprint density at radius 3 is 2.45 bits per heavy atom. The average molecular weight is 343 g/mol. The summed E-state index contributed by atoms with van der Waals surface area (Å²) in [6, 6.07) is 11.2. The summed E-state index contributed by atoms with van der Waals surface area (Å²) in [5.41, 5.74) is -0.0923. The number of aromatic nitrogens is 4. The summed E-state index contributed by atoms with van der Waals surface area (Å²) in [5, 5.41) is 8.00. The van der Waals surface area contributed by atoms with E-state index in [2.05, 4.69) is 15.2 Å². The molecule has 106 valence electrons. The second-order valence-electron chi connectivity index (χ2n) is 4.20. The first kappa shape index (κ1) is 17.3. The SMILES string of the molecule is O=P([O-])(c1ccccc1)c1nccn1-c1ccc(Cl)nn1.[Na+]. The number of hydrogen-bond donors (Lipinski definition) is 0. The topological polar surface area (TPSA) is 83.7 Å². The summed E-state index contributed by atoms with van der Waals surface area (Å²) in [6.45, 7) is 0. The van der Waals surface area contributed by atoms with E-state index in [1.165, 1.54) is 35.2 Å². The third-order valence-electron chi connectivity index (χ3n) is 2.85. The molecule has 0 aliphatic heterocycles. The van der Waals surface area contributed by atoms with Crippen molar-refractivity contribution in [2.24, 2.45) is 0 Å². The fourth-order valence-corrected chi connectivity index (χ4v) is 3.44. The molecular weight excluding hydrogens is 334 g/mol. The van der Waals surface area contributed by atoms with Crippen LogP contribution in [-0.4, -0.2) is 19.7 Å². The van der Waals surface area contributed by atoms with Crippen molar-refractivity contribution in [1.29, 1.82) is 0 Å². The van der Waals surface area contributed by atoms with Gasteiger partial charge in [-0.3, -0.25) is 4.57 Å². The van der Waals surface area contributed by atoms with Gasteiger partial charge in [0.05, 0.1) is 0 Å². The van der Waals surface area contributed by atoms with Crippen LogP contribution in [0.2, 0.25) is 5.15 Å². The molecule has 3 rings (SSSR count). The van der Waals surface area contributed by atoms with E-state index in [0.29, 0.717) is 5.82 Å². The minimum absolute atomic E-state index is 0. The van der Waals surface area contributed by atoms with Crippen LogP contribution >= 0.6 is 19.0 Å². The summed E-state index contributed by atoms with van der Waals surface area (Å²) >= 11 is 5.68. The van der Waals surface area contributed by atoms with E-state index < -0.39 is 7.37 Å². The monoisotopic (exact) mass is 342 g/mol. The van der Waals surface area contributed by atoms with Gasteiger partial charge in [0.25, 0.3) is 0 Å². The Labute approximate surface area is 153 Å². The summed E-state index contributed by atoms with van der Waals surface area (Å²) in [7, 11) is -4.06. The van der Waals surface area contributed by atoms with Crippen LogP contribution < -0.4 is 45.3 Å². The smallest absolute Gasteiger partial charge is 0.790 e. The van der Waals surface area contributed by atoms with Crippen LogP contribution in [0.5, 0.6) is 0 Å². The van der Waals surface area contributed by atoms with Gasteiger partial charge >= 0.3 is 29.6 Å². The number of hydrogen-bond acceptors (Lipinski definition) is 5. The first-order valence-corrected chi connectivity index (χ1v) is 7.99. The van der Waals surface area contributed by atoms with Crippen LogP contribution in [0, 0.1) is 0 Å². The number of halogens is 1. The van der Waals surface area contributed by atoms with Gasteiger partial charge in [0.2, 0.25) is 0 Å². The maximum Gasteiger partial charge on any atom is 1.00 e. The molecule has 22 heavy (non-hydrogen) atoms. The first-order valence-electron chi connectivity index (χ1n) is 5.99. The minimum atomic E-state index is -4.06. The van der Waals surface area contributed by atoms with Crippen molar-refractivity contribution < 1.29 is 39.0 Å². The van der Waals surface area contributed by atoms with Crippen molar-refractivity contribution >= 4 is 29.8 Å². The molecule has 9 heteroatoms. The molecule has 0 aliphatic rings. The van der Waals surface area contributed by atoms with Gasteiger partial charge in [0, 0.05) is 17.7 Å². The molecule has 3 aromatic rings. The zero-order valence-corrected chi connectivity index (χ0v) is 15.3. The molecule has 2 aromatic heterocycles. The van der Waals surface area contributed by atoms with E-state index in [0.717, 1.165) is 0 Å². The molecular formula is C13H9ClN4NaO2P. The van der Waals surface area contributed by atoms with Crippen LogP contribution in [0.15, 0.2) is 54.9 Å². The molecule has 0 aliphatic carbocycles. The Bertz CT molecular complexity index is 810. The van der Waals surface area contributed by atoms with Crippen molar-refractivity contribution in [2.75, 3.05) is 0 Å². The van der Waals surface area contributed by atoms with Gasteiger partial charge in [-0.25, -0.2) is 4.98 Å². The molecule has 1 atom stereocenters. The molecule has 6 nitrogen and oxygen atoms in total. The summed E-state index contributed by atoms with van der Waals surface area (Å²) in [5.74, 6) is 0.332. The van der Waals surface area contributed by atoms with Crippen LogP contribution in [0.1, 0.15) is 0 Å². The van der Waals surface area contributed by atoms with Crippen LogP contribution in [0.3, 0.4) is 0 Å². The molecule has 0 N–H and O–H groups in total. The Balaban J connectivity index is 0.00000176. The molecule has 2 heterocycles. The summed E-state index contributed by atoms with van der Waals surface area (Å²) in [6.07, 6.45) is 2.92. The fourth-order valence-electron chi connectivity index (χ4n) is 1.87. The minimum Gasteiger partial charge on any atom is -0.790 e. The van der Waals surface area contributed by atoms with Crippen LogP contribution in [0.4, 0.5) is 0 Å². The predicted octanol–water partition coefficient (Wildman–Crippen LogP) is -2.09. The van der Waals surface area contributed by atoms with Gasteiger partial charge in [-0.05, 0) is 12.1 Å². The third-order valence-corrected chi connectivity index (χ3v) is 4.88. The van der Waals surface area contributed by atoms with Crippen LogP contribution in [0.25, 0.3) is 5.82 Å². The molecule has 1 unspecified atom stereocenters. The summed E-state index contributed by atoms with van der Waals surface area (Å²) in [4.78, 5) is 16.6. The molecule has 0 bridgehead atoms. The van der Waals surface area contributed by atoms with Crippen molar-refractivity contribution in [3.63, 3.8) is 0 Å². The van der Waals surface area contributed by atoms with E-state index in [4.69, 9.17) is 11.6 Å². The molecule has 0 saturated carbocycles. The second kappa shape index (κ2) is 7.04. The van der Waals surface area contributed by atoms with Gasteiger partial charge in [-0.2, -0.15) is 0 Å². The van der Waals surface area contributed by atoms with Crippen molar-refractivity contribution in [3.05, 3.63) is 60.0 Å². The molecule has 0 spiro atoms. The second-order valence-corrected chi connectivity index (χ2v) is 6.61. The Morgan fingerprint density at radius 1 is 1.09 bits per heavy atom. The van der Waals surface area contributed by atoms with Crippen molar-refractivity contribution in [1.82, 2.24) is 19.7 Å². The van der Waals surface area contributed by atoms with E-state index in [9.17, 15) is 9.46 Å². The predicted molar refractivity (Wildman–Crippen MR) is 77.5 cm³/mol. The Morgan fingerprint density at radius 2 is 1.82 bits per heavy atom. The molecule has 0 saturated heterocycles. The van der Waals surface area contributed by atoms with Gasteiger partial charge in [0.15, 0.2) is 16.5 Å². The van der Waals surface area contributed by atoms with Crippen molar-refractivity contribution in [3.8, 4) is 5.82 Å². The molecule has 1 aromatic carbocycles. The Kier molecular flexibility index (Phi) is 5.55. The number of nitrogens with zero attached hydrogens (tertiary/aromatic N) is 4. The summed E-state index contributed by atoms with van der Waals surface area (Å²) < 4.78 is 14.0. The quantitative estimate of drug-likeness (QED) is 0.402. The first-order chi connectivity index (χ1) is 10.1. The molecule has 0 amide bonds. The Hall–Kier alpha value is -1.01. The van der Waals surface area contributed by atoms with Gasteiger partial charge in [-0.1, -0.05) is 41.9 Å². The molecule has 0 fully saturated rings. The molecule has 0 radical (unpaired) electrons. The normalized spacial score (nSPS) is 13.2. The van der Waals surface area contributed by atoms with Gasteiger partial charge < -0.3 is 9.46 Å². The van der Waals surface area contributed by atoms with Crippen molar-refractivity contribution in [2.45, 2.75) is 0 Å². The van der Waals surface area contributed by atoms with E-state index >= 15 is 0 Å². The zero-order valence-electron chi connectivity index (χ0n) is 11.6. The standard InChI is InChI=1S/C13H10ClN4O2P.Na/c14-11-6-7-12(17-16-11)18-9-8-15-13(18)21(19,20)10-4-2-1-3-5-10;/h1-9H,(H,19,20);/q;+1/p-1. The van der Waals surface area contributed by atoms with Gasteiger partial charge in [0.1, 0.15) is 7.37 Å². The number of imidazole rings is 1. The average Bonchev–Trinajstić information content (AvgIpc) is 2.99. The number of benzene rings is 1. The van der Waals surface area contributed by atoms with E-state index in [1.54, 1.807) is 24.3 Å². The largest absolute Gasteiger partial charge is 1.00 e. The maximum absolute atomic E-state index is 12.6.